The third-order valence-electron chi connectivity index (χ3n) is 5.69. The predicted octanol–water partition coefficient (Wildman–Crippen LogP) is 4.52. The van der Waals surface area contributed by atoms with Crippen LogP contribution in [0.25, 0.3) is 22.0 Å². The third-order valence-corrected chi connectivity index (χ3v) is 5.69. The minimum atomic E-state index is -0.944. The molecule has 1 amide bonds. The molecular weight excluding hydrogens is 430 g/mol. The summed E-state index contributed by atoms with van der Waals surface area (Å²) in [5.74, 6) is -1.08. The lowest BCUT2D eigenvalue weighted by Gasteiger charge is -2.09. The number of nitrogens with one attached hydrogen (secondary N) is 1. The van der Waals surface area contributed by atoms with Gasteiger partial charge in [0.15, 0.2) is 0 Å². The summed E-state index contributed by atoms with van der Waals surface area (Å²) in [4.78, 5) is 24.0. The average Bonchev–Trinajstić information content (AvgIpc) is 3.16. The van der Waals surface area contributed by atoms with Crippen molar-refractivity contribution in [1.82, 2.24) is 15.1 Å². The van der Waals surface area contributed by atoms with E-state index in [4.69, 9.17) is 4.74 Å². The Labute approximate surface area is 198 Å². The summed E-state index contributed by atoms with van der Waals surface area (Å²) in [7, 11) is 0. The summed E-state index contributed by atoms with van der Waals surface area (Å²) >= 11 is 0. The molecule has 0 radical (unpaired) electrons. The Hall–Kier alpha value is -3.97. The fourth-order valence-electron chi connectivity index (χ4n) is 3.97. The van der Waals surface area contributed by atoms with Crippen molar-refractivity contribution in [3.05, 3.63) is 89.1 Å². The Morgan fingerprint density at radius 1 is 1.06 bits per heavy atom. The van der Waals surface area contributed by atoms with E-state index < -0.39 is 5.97 Å². The molecule has 1 aromatic heterocycles. The first-order chi connectivity index (χ1) is 16.5. The highest BCUT2D eigenvalue weighted by molar-refractivity contribution is 5.98. The molecule has 7 heteroatoms. The SMILES string of the molecule is CCOCCNC(=O)c1ccc2c(c1)c(C)nn2Cc1ccc(-c2ccccc2C(=O)O)cc1. The molecule has 0 aliphatic heterocycles. The van der Waals surface area contributed by atoms with E-state index in [0.717, 1.165) is 27.7 Å². The summed E-state index contributed by atoms with van der Waals surface area (Å²) < 4.78 is 7.18. The zero-order chi connectivity index (χ0) is 24.1. The zero-order valence-corrected chi connectivity index (χ0v) is 19.2. The molecule has 2 N–H and O–H groups in total. The van der Waals surface area contributed by atoms with Crippen molar-refractivity contribution >= 4 is 22.8 Å². The number of hydrogen-bond acceptors (Lipinski definition) is 4. The summed E-state index contributed by atoms with van der Waals surface area (Å²) in [5, 5.41) is 17.9. The molecule has 0 saturated heterocycles. The lowest BCUT2D eigenvalue weighted by atomic mass is 9.99. The van der Waals surface area contributed by atoms with Gasteiger partial charge in [0.2, 0.25) is 0 Å². The number of nitrogens with zero attached hydrogens (tertiary/aromatic N) is 2. The molecule has 0 unspecified atom stereocenters. The molecule has 0 saturated carbocycles. The zero-order valence-electron chi connectivity index (χ0n) is 19.2. The normalized spacial score (nSPS) is 11.0. The van der Waals surface area contributed by atoms with Crippen LogP contribution < -0.4 is 5.32 Å². The highest BCUT2D eigenvalue weighted by Gasteiger charge is 2.13. The Balaban J connectivity index is 1.53. The number of aryl methyl sites for hydroxylation is 1. The molecular formula is C27H27N3O4. The molecule has 0 spiro atoms. The number of hydrogen-bond donors (Lipinski definition) is 2. The van der Waals surface area contributed by atoms with Gasteiger partial charge in [0, 0.05) is 24.1 Å². The van der Waals surface area contributed by atoms with Crippen LogP contribution in [-0.2, 0) is 11.3 Å². The minimum absolute atomic E-state index is 0.133. The van der Waals surface area contributed by atoms with Crippen molar-refractivity contribution in [2.45, 2.75) is 20.4 Å². The van der Waals surface area contributed by atoms with Gasteiger partial charge in [-0.3, -0.25) is 9.48 Å². The van der Waals surface area contributed by atoms with Crippen LogP contribution in [0.3, 0.4) is 0 Å². The summed E-state index contributed by atoms with van der Waals surface area (Å²) in [6.07, 6.45) is 0. The van der Waals surface area contributed by atoms with Crippen LogP contribution >= 0.6 is 0 Å². The highest BCUT2D eigenvalue weighted by Crippen LogP contribution is 2.25. The Morgan fingerprint density at radius 3 is 2.56 bits per heavy atom. The van der Waals surface area contributed by atoms with Crippen LogP contribution in [0.2, 0.25) is 0 Å². The number of ether oxygens (including phenoxy) is 1. The van der Waals surface area contributed by atoms with Crippen LogP contribution in [0.1, 0.15) is 38.9 Å². The lowest BCUT2D eigenvalue weighted by Crippen LogP contribution is -2.27. The predicted molar refractivity (Wildman–Crippen MR) is 131 cm³/mol. The molecule has 4 rings (SSSR count). The molecule has 0 bridgehead atoms. The molecule has 0 fully saturated rings. The van der Waals surface area contributed by atoms with E-state index in [9.17, 15) is 14.7 Å². The lowest BCUT2D eigenvalue weighted by molar-refractivity contribution is 0.0697. The van der Waals surface area contributed by atoms with Gasteiger partial charge >= 0.3 is 5.97 Å². The van der Waals surface area contributed by atoms with Gasteiger partial charge in [-0.25, -0.2) is 4.79 Å². The van der Waals surface area contributed by atoms with Crippen molar-refractivity contribution in [3.63, 3.8) is 0 Å². The number of aromatic nitrogens is 2. The van der Waals surface area contributed by atoms with Crippen molar-refractivity contribution in [3.8, 4) is 11.1 Å². The Kier molecular flexibility index (Phi) is 7.04. The first kappa shape index (κ1) is 23.2. The number of carboxylic acids is 1. The quantitative estimate of drug-likeness (QED) is 0.360. The van der Waals surface area contributed by atoms with Gasteiger partial charge in [-0.1, -0.05) is 42.5 Å². The summed E-state index contributed by atoms with van der Waals surface area (Å²) in [5.41, 5.74) is 5.25. The van der Waals surface area contributed by atoms with Gasteiger partial charge < -0.3 is 15.2 Å². The van der Waals surface area contributed by atoms with Crippen LogP contribution in [0.15, 0.2) is 66.7 Å². The number of carbonyl (C=O) groups excluding carboxylic acids is 1. The Bertz CT molecular complexity index is 1330. The Morgan fingerprint density at radius 2 is 1.82 bits per heavy atom. The van der Waals surface area contributed by atoms with E-state index in [0.29, 0.717) is 37.4 Å². The van der Waals surface area contributed by atoms with Gasteiger partial charge in [0.25, 0.3) is 5.91 Å². The molecule has 0 aliphatic carbocycles. The third kappa shape index (κ3) is 5.00. The van der Waals surface area contributed by atoms with E-state index in [1.165, 1.54) is 0 Å². The van der Waals surface area contributed by atoms with Crippen molar-refractivity contribution in [2.24, 2.45) is 0 Å². The monoisotopic (exact) mass is 457 g/mol. The van der Waals surface area contributed by atoms with E-state index in [1.54, 1.807) is 12.1 Å². The van der Waals surface area contributed by atoms with Crippen molar-refractivity contribution < 1.29 is 19.4 Å². The number of amides is 1. The van der Waals surface area contributed by atoms with Gasteiger partial charge in [-0.05, 0) is 54.8 Å². The number of aromatic carboxylic acids is 1. The van der Waals surface area contributed by atoms with E-state index in [2.05, 4.69) is 10.4 Å². The summed E-state index contributed by atoms with van der Waals surface area (Å²) in [6, 6.07) is 20.4. The maximum absolute atomic E-state index is 12.4. The second-order valence-electron chi connectivity index (χ2n) is 7.98. The smallest absolute Gasteiger partial charge is 0.336 e. The summed E-state index contributed by atoms with van der Waals surface area (Å²) in [6.45, 7) is 5.99. The standard InChI is InChI=1S/C27H27N3O4/c1-3-34-15-14-28-26(31)21-12-13-25-24(16-21)18(2)29-30(25)17-19-8-10-20(11-9-19)22-6-4-5-7-23(22)27(32)33/h4-13,16H,3,14-15,17H2,1-2H3,(H,28,31)(H,32,33). The molecule has 0 aliphatic rings. The molecule has 3 aromatic carbocycles. The number of carbonyl (C=O) groups is 2. The van der Waals surface area contributed by atoms with E-state index in [1.807, 2.05) is 73.1 Å². The van der Waals surface area contributed by atoms with Crippen LogP contribution in [0.4, 0.5) is 0 Å². The topological polar surface area (TPSA) is 93.5 Å². The molecule has 0 atom stereocenters. The first-order valence-electron chi connectivity index (χ1n) is 11.2. The molecule has 7 nitrogen and oxygen atoms in total. The number of carboxylic acid groups (broad SMARTS) is 1. The maximum Gasteiger partial charge on any atom is 0.336 e. The van der Waals surface area contributed by atoms with Crippen LogP contribution in [0.5, 0.6) is 0 Å². The minimum Gasteiger partial charge on any atom is -0.478 e. The molecule has 34 heavy (non-hydrogen) atoms. The second-order valence-corrected chi connectivity index (χ2v) is 7.98. The first-order valence-corrected chi connectivity index (χ1v) is 11.2. The number of rotatable bonds is 9. The van der Waals surface area contributed by atoms with Crippen molar-refractivity contribution in [2.75, 3.05) is 19.8 Å². The molecule has 4 aromatic rings. The van der Waals surface area contributed by atoms with Gasteiger partial charge in [0.1, 0.15) is 0 Å². The number of benzene rings is 3. The van der Waals surface area contributed by atoms with Crippen LogP contribution in [0, 0.1) is 6.92 Å². The van der Waals surface area contributed by atoms with Gasteiger partial charge in [-0.15, -0.1) is 0 Å². The van der Waals surface area contributed by atoms with E-state index >= 15 is 0 Å². The van der Waals surface area contributed by atoms with E-state index in [-0.39, 0.29) is 11.5 Å². The van der Waals surface area contributed by atoms with Crippen molar-refractivity contribution in [1.29, 1.82) is 0 Å². The highest BCUT2D eigenvalue weighted by atomic mass is 16.5. The molecule has 174 valence electrons. The second kappa shape index (κ2) is 10.3. The number of fused-ring (bicyclic) bond motifs is 1. The maximum atomic E-state index is 12.4. The van der Waals surface area contributed by atoms with Gasteiger partial charge in [0.05, 0.1) is 29.9 Å². The fourth-order valence-corrected chi connectivity index (χ4v) is 3.97. The van der Waals surface area contributed by atoms with Gasteiger partial charge in [-0.2, -0.15) is 5.10 Å². The van der Waals surface area contributed by atoms with Crippen LogP contribution in [-0.4, -0.2) is 46.5 Å². The largest absolute Gasteiger partial charge is 0.478 e. The average molecular weight is 458 g/mol. The fraction of sp³-hybridized carbons (Fsp3) is 0.222. The molecule has 1 heterocycles.